The molecule has 0 heterocycles. The van der Waals surface area contributed by atoms with Crippen molar-refractivity contribution in [2.45, 2.75) is 34.1 Å². The van der Waals surface area contributed by atoms with Gasteiger partial charge in [0.25, 0.3) is 0 Å². The van der Waals surface area contributed by atoms with E-state index in [0.717, 1.165) is 16.7 Å². The number of rotatable bonds is 4. The molecule has 0 N–H and O–H groups in total. The van der Waals surface area contributed by atoms with Crippen LogP contribution in [0.1, 0.15) is 34.1 Å². The molecule has 0 atom stereocenters. The summed E-state index contributed by atoms with van der Waals surface area (Å²) >= 11 is 0. The third kappa shape index (κ3) is 3.73. The Labute approximate surface area is 86.5 Å². The van der Waals surface area contributed by atoms with Gasteiger partial charge in [-0.15, -0.1) is 0 Å². The van der Waals surface area contributed by atoms with Crippen LogP contribution in [0.15, 0.2) is 47.4 Å². The van der Waals surface area contributed by atoms with Gasteiger partial charge >= 0.3 is 0 Å². The second-order valence-corrected chi connectivity index (χ2v) is 3.64. The lowest BCUT2D eigenvalue weighted by atomic mass is 10.0. The van der Waals surface area contributed by atoms with Crippen molar-refractivity contribution in [3.05, 3.63) is 47.4 Å². The average molecular weight is 194 g/mol. The van der Waals surface area contributed by atoms with E-state index in [2.05, 4.69) is 13.2 Å². The molecular formula is C13H19F. The molecule has 0 aromatic carbocycles. The standard InChI is InChI=1S/C13H19F/c1-7-11(6)13(14)8-12(9(2)3)10(4)5/h8H,2,6-7H2,1,3-5H3/b13-8+. The summed E-state index contributed by atoms with van der Waals surface area (Å²) in [5, 5.41) is 0. The third-order valence-electron chi connectivity index (χ3n) is 2.03. The minimum atomic E-state index is -0.244. The number of allylic oxidation sites excluding steroid dienone is 6. The molecule has 0 amide bonds. The van der Waals surface area contributed by atoms with E-state index in [1.165, 1.54) is 6.08 Å². The summed E-state index contributed by atoms with van der Waals surface area (Å²) in [4.78, 5) is 0. The molecule has 0 unspecified atom stereocenters. The molecule has 0 radical (unpaired) electrons. The summed E-state index contributed by atoms with van der Waals surface area (Å²) in [7, 11) is 0. The van der Waals surface area contributed by atoms with Gasteiger partial charge < -0.3 is 0 Å². The maximum atomic E-state index is 13.5. The molecule has 78 valence electrons. The number of hydrogen-bond donors (Lipinski definition) is 0. The van der Waals surface area contributed by atoms with Crippen molar-refractivity contribution in [3.8, 4) is 0 Å². The molecule has 0 aromatic rings. The monoisotopic (exact) mass is 194 g/mol. The Bertz CT molecular complexity index is 299. The molecule has 0 saturated carbocycles. The molecule has 1 heteroatoms. The number of hydrogen-bond acceptors (Lipinski definition) is 0. The van der Waals surface area contributed by atoms with Crippen LogP contribution in [0.5, 0.6) is 0 Å². The van der Waals surface area contributed by atoms with Crippen LogP contribution >= 0.6 is 0 Å². The van der Waals surface area contributed by atoms with Gasteiger partial charge in [0.2, 0.25) is 0 Å². The van der Waals surface area contributed by atoms with Gasteiger partial charge in [-0.1, -0.05) is 31.2 Å². The summed E-state index contributed by atoms with van der Waals surface area (Å²) in [5.41, 5.74) is 3.35. The van der Waals surface area contributed by atoms with E-state index in [0.29, 0.717) is 12.0 Å². The highest BCUT2D eigenvalue weighted by molar-refractivity contribution is 5.43. The lowest BCUT2D eigenvalue weighted by Gasteiger charge is -2.05. The van der Waals surface area contributed by atoms with E-state index >= 15 is 0 Å². The van der Waals surface area contributed by atoms with E-state index in [-0.39, 0.29) is 5.83 Å². The molecule has 0 bridgehead atoms. The van der Waals surface area contributed by atoms with Crippen LogP contribution in [0.3, 0.4) is 0 Å². The van der Waals surface area contributed by atoms with Crippen LogP contribution in [0.2, 0.25) is 0 Å². The van der Waals surface area contributed by atoms with Crippen molar-refractivity contribution >= 4 is 0 Å². The zero-order chi connectivity index (χ0) is 11.3. The van der Waals surface area contributed by atoms with E-state index in [9.17, 15) is 4.39 Å². The van der Waals surface area contributed by atoms with Gasteiger partial charge in [0, 0.05) is 0 Å². The fraction of sp³-hybridized carbons (Fsp3) is 0.385. The Morgan fingerprint density at radius 1 is 1.21 bits per heavy atom. The normalized spacial score (nSPS) is 11.1. The van der Waals surface area contributed by atoms with E-state index < -0.39 is 0 Å². The first-order chi connectivity index (χ1) is 6.40. The Morgan fingerprint density at radius 3 is 2.00 bits per heavy atom. The first kappa shape index (κ1) is 12.9. The topological polar surface area (TPSA) is 0 Å². The van der Waals surface area contributed by atoms with Gasteiger partial charge in [0.15, 0.2) is 0 Å². The molecule has 0 saturated heterocycles. The molecule has 0 fully saturated rings. The smallest absolute Gasteiger partial charge is 0.126 e. The van der Waals surface area contributed by atoms with E-state index in [4.69, 9.17) is 0 Å². The molecule has 0 spiro atoms. The Morgan fingerprint density at radius 2 is 1.71 bits per heavy atom. The molecule has 0 nitrogen and oxygen atoms in total. The van der Waals surface area contributed by atoms with Gasteiger partial charge in [0.1, 0.15) is 5.83 Å². The lowest BCUT2D eigenvalue weighted by Crippen LogP contribution is -1.87. The molecule has 0 rings (SSSR count). The largest absolute Gasteiger partial charge is 0.207 e. The van der Waals surface area contributed by atoms with Crippen molar-refractivity contribution in [1.29, 1.82) is 0 Å². The SMILES string of the molecule is C=C(C)C(/C=C(/F)C(=C)CC)=C(C)C. The highest BCUT2D eigenvalue weighted by Gasteiger charge is 2.03. The van der Waals surface area contributed by atoms with Crippen LogP contribution in [0, 0.1) is 0 Å². The minimum absolute atomic E-state index is 0.244. The van der Waals surface area contributed by atoms with Crippen LogP contribution in [0.25, 0.3) is 0 Å². The first-order valence-electron chi connectivity index (χ1n) is 4.78. The molecular weight excluding hydrogens is 175 g/mol. The number of halogens is 1. The third-order valence-corrected chi connectivity index (χ3v) is 2.03. The maximum absolute atomic E-state index is 13.5. The lowest BCUT2D eigenvalue weighted by molar-refractivity contribution is 0.643. The fourth-order valence-electron chi connectivity index (χ4n) is 1.09. The zero-order valence-corrected chi connectivity index (χ0v) is 9.58. The summed E-state index contributed by atoms with van der Waals surface area (Å²) in [6.45, 7) is 15.1. The van der Waals surface area contributed by atoms with E-state index in [1.54, 1.807) is 0 Å². The van der Waals surface area contributed by atoms with Crippen molar-refractivity contribution in [3.63, 3.8) is 0 Å². The van der Waals surface area contributed by atoms with Gasteiger partial charge in [-0.25, -0.2) is 4.39 Å². The maximum Gasteiger partial charge on any atom is 0.126 e. The minimum Gasteiger partial charge on any atom is -0.207 e. The van der Waals surface area contributed by atoms with Crippen molar-refractivity contribution < 1.29 is 4.39 Å². The molecule has 0 aliphatic rings. The van der Waals surface area contributed by atoms with Crippen LogP contribution in [0.4, 0.5) is 4.39 Å². The van der Waals surface area contributed by atoms with Crippen molar-refractivity contribution in [1.82, 2.24) is 0 Å². The highest BCUT2D eigenvalue weighted by Crippen LogP contribution is 2.21. The Kier molecular flexibility index (Phi) is 5.14. The fourth-order valence-corrected chi connectivity index (χ4v) is 1.09. The molecule has 0 aliphatic heterocycles. The summed E-state index contributed by atoms with van der Waals surface area (Å²) < 4.78 is 13.5. The quantitative estimate of drug-likeness (QED) is 0.568. The average Bonchev–Trinajstić information content (AvgIpc) is 2.11. The Balaban J connectivity index is 5.04. The Hall–Kier alpha value is -1.11. The molecule has 0 aliphatic carbocycles. The van der Waals surface area contributed by atoms with Crippen molar-refractivity contribution in [2.24, 2.45) is 0 Å². The second kappa shape index (κ2) is 5.58. The first-order valence-corrected chi connectivity index (χ1v) is 4.78. The molecule has 0 aromatic heterocycles. The highest BCUT2D eigenvalue weighted by atomic mass is 19.1. The van der Waals surface area contributed by atoms with Crippen LogP contribution in [-0.4, -0.2) is 0 Å². The second-order valence-electron chi connectivity index (χ2n) is 3.64. The van der Waals surface area contributed by atoms with Gasteiger partial charge in [-0.05, 0) is 44.4 Å². The molecule has 14 heavy (non-hydrogen) atoms. The van der Waals surface area contributed by atoms with Gasteiger partial charge in [0.05, 0.1) is 0 Å². The zero-order valence-electron chi connectivity index (χ0n) is 9.58. The van der Waals surface area contributed by atoms with Crippen molar-refractivity contribution in [2.75, 3.05) is 0 Å². The van der Waals surface area contributed by atoms with E-state index in [1.807, 2.05) is 27.7 Å². The predicted molar refractivity (Wildman–Crippen MR) is 61.8 cm³/mol. The van der Waals surface area contributed by atoms with Gasteiger partial charge in [-0.2, -0.15) is 0 Å². The summed E-state index contributed by atoms with van der Waals surface area (Å²) in [5.74, 6) is -0.244. The van der Waals surface area contributed by atoms with Crippen LogP contribution < -0.4 is 0 Å². The summed E-state index contributed by atoms with van der Waals surface area (Å²) in [6, 6.07) is 0. The summed E-state index contributed by atoms with van der Waals surface area (Å²) in [6.07, 6.45) is 2.15. The predicted octanol–water partition coefficient (Wildman–Crippen LogP) is 4.72. The van der Waals surface area contributed by atoms with Gasteiger partial charge in [-0.3, -0.25) is 0 Å². The van der Waals surface area contributed by atoms with Crippen LogP contribution in [-0.2, 0) is 0 Å².